The molecule has 0 aliphatic carbocycles. The number of hydrogen-bond donors (Lipinski definition) is 2. The Bertz CT molecular complexity index is 923. The lowest BCUT2D eigenvalue weighted by atomic mass is 10.2. The van der Waals surface area contributed by atoms with Crippen molar-refractivity contribution in [3.05, 3.63) is 58.1 Å². The van der Waals surface area contributed by atoms with Gasteiger partial charge in [0, 0.05) is 23.2 Å². The fourth-order valence-corrected chi connectivity index (χ4v) is 4.45. The van der Waals surface area contributed by atoms with E-state index in [4.69, 9.17) is 4.74 Å². The minimum absolute atomic E-state index is 0.0715. The van der Waals surface area contributed by atoms with Crippen LogP contribution in [0.5, 0.6) is 0 Å². The maximum Gasteiger partial charge on any atom is 0.255 e. The lowest BCUT2D eigenvalue weighted by Gasteiger charge is -2.12. The summed E-state index contributed by atoms with van der Waals surface area (Å²) >= 11 is 3.42. The predicted molar refractivity (Wildman–Crippen MR) is 107 cm³/mol. The number of amides is 1. The van der Waals surface area contributed by atoms with Crippen molar-refractivity contribution in [3.8, 4) is 0 Å². The maximum atomic E-state index is 12.4. The second-order valence-electron chi connectivity index (χ2n) is 6.45. The third-order valence-corrected chi connectivity index (χ3v) is 6.42. The molecule has 3 rings (SSSR count). The van der Waals surface area contributed by atoms with E-state index in [2.05, 4.69) is 26.0 Å². The minimum Gasteiger partial charge on any atom is -0.377 e. The lowest BCUT2D eigenvalue weighted by Crippen LogP contribution is -2.31. The second kappa shape index (κ2) is 8.52. The Morgan fingerprint density at radius 3 is 2.59 bits per heavy atom. The molecular formula is C19H21BrN2O4S. The molecule has 0 spiro atoms. The SMILES string of the molecule is Cc1ccc(NC(=O)c2ccc(S(=O)(=O)NCC3CCCO3)cc2)c(Br)c1. The minimum atomic E-state index is -3.63. The molecule has 0 aromatic heterocycles. The van der Waals surface area contributed by atoms with Gasteiger partial charge in [0.05, 0.1) is 16.7 Å². The van der Waals surface area contributed by atoms with Gasteiger partial charge >= 0.3 is 0 Å². The zero-order valence-electron chi connectivity index (χ0n) is 14.9. The van der Waals surface area contributed by atoms with Gasteiger partial charge in [-0.1, -0.05) is 6.07 Å². The van der Waals surface area contributed by atoms with E-state index in [0.717, 1.165) is 22.9 Å². The van der Waals surface area contributed by atoms with Crippen LogP contribution in [0.4, 0.5) is 5.69 Å². The van der Waals surface area contributed by atoms with E-state index >= 15 is 0 Å². The van der Waals surface area contributed by atoms with Crippen LogP contribution in [0.3, 0.4) is 0 Å². The normalized spacial score (nSPS) is 17.0. The first-order valence-electron chi connectivity index (χ1n) is 8.64. The molecule has 1 aliphatic heterocycles. The molecule has 1 fully saturated rings. The van der Waals surface area contributed by atoms with E-state index < -0.39 is 10.0 Å². The van der Waals surface area contributed by atoms with Crippen molar-refractivity contribution >= 4 is 37.5 Å². The Hall–Kier alpha value is -1.74. The molecule has 8 heteroatoms. The van der Waals surface area contributed by atoms with Crippen LogP contribution in [0, 0.1) is 6.92 Å². The van der Waals surface area contributed by atoms with Crippen molar-refractivity contribution in [2.24, 2.45) is 0 Å². The number of carbonyl (C=O) groups excluding carboxylic acids is 1. The average Bonchev–Trinajstić information content (AvgIpc) is 3.16. The van der Waals surface area contributed by atoms with Gasteiger partial charge in [-0.3, -0.25) is 4.79 Å². The molecule has 1 aliphatic rings. The number of rotatable bonds is 6. The van der Waals surface area contributed by atoms with Crippen LogP contribution in [0.1, 0.15) is 28.8 Å². The standard InChI is InChI=1S/C19H21BrN2O4S/c1-13-4-9-18(17(20)11-13)22-19(23)14-5-7-16(8-6-14)27(24,25)21-12-15-3-2-10-26-15/h4-9,11,15,21H,2-3,10,12H2,1H3,(H,22,23). The Labute approximate surface area is 167 Å². The molecular weight excluding hydrogens is 432 g/mol. The Balaban J connectivity index is 1.65. The predicted octanol–water partition coefficient (Wildman–Crippen LogP) is 3.47. The third kappa shape index (κ3) is 5.16. The monoisotopic (exact) mass is 452 g/mol. The Morgan fingerprint density at radius 2 is 1.96 bits per heavy atom. The van der Waals surface area contributed by atoms with Gasteiger partial charge in [-0.2, -0.15) is 0 Å². The lowest BCUT2D eigenvalue weighted by molar-refractivity contribution is 0.102. The van der Waals surface area contributed by atoms with Gasteiger partial charge in [-0.25, -0.2) is 13.1 Å². The third-order valence-electron chi connectivity index (χ3n) is 4.32. The number of ether oxygens (including phenoxy) is 1. The van der Waals surface area contributed by atoms with Gasteiger partial charge in [0.1, 0.15) is 0 Å². The van der Waals surface area contributed by atoms with E-state index in [1.165, 1.54) is 24.3 Å². The molecule has 0 bridgehead atoms. The summed E-state index contributed by atoms with van der Waals surface area (Å²) in [7, 11) is -3.63. The molecule has 0 saturated carbocycles. The highest BCUT2D eigenvalue weighted by Gasteiger charge is 2.20. The van der Waals surface area contributed by atoms with Gasteiger partial charge in [0.25, 0.3) is 5.91 Å². The molecule has 1 unspecified atom stereocenters. The van der Waals surface area contributed by atoms with Gasteiger partial charge in [0.15, 0.2) is 0 Å². The zero-order valence-corrected chi connectivity index (χ0v) is 17.3. The topological polar surface area (TPSA) is 84.5 Å². The summed E-state index contributed by atoms with van der Waals surface area (Å²) in [4.78, 5) is 12.5. The van der Waals surface area contributed by atoms with E-state index in [-0.39, 0.29) is 23.5 Å². The van der Waals surface area contributed by atoms with E-state index in [1.54, 1.807) is 0 Å². The van der Waals surface area contributed by atoms with E-state index in [9.17, 15) is 13.2 Å². The second-order valence-corrected chi connectivity index (χ2v) is 9.07. The molecule has 2 aromatic carbocycles. The summed E-state index contributed by atoms with van der Waals surface area (Å²) in [5.74, 6) is -0.309. The van der Waals surface area contributed by atoms with Crippen LogP contribution in [-0.2, 0) is 14.8 Å². The number of nitrogens with one attached hydrogen (secondary N) is 2. The molecule has 6 nitrogen and oxygen atoms in total. The number of hydrogen-bond acceptors (Lipinski definition) is 4. The van der Waals surface area contributed by atoms with E-state index in [1.807, 2.05) is 25.1 Å². The smallest absolute Gasteiger partial charge is 0.255 e. The number of anilines is 1. The summed E-state index contributed by atoms with van der Waals surface area (Å²) in [6.07, 6.45) is 1.74. The number of aryl methyl sites for hydroxylation is 1. The maximum absolute atomic E-state index is 12.4. The largest absolute Gasteiger partial charge is 0.377 e. The first kappa shape index (κ1) is 20.0. The summed E-state index contributed by atoms with van der Waals surface area (Å²) in [6, 6.07) is 11.5. The van der Waals surface area contributed by atoms with Gasteiger partial charge in [-0.15, -0.1) is 0 Å². The van der Waals surface area contributed by atoms with Crippen LogP contribution in [-0.4, -0.2) is 33.6 Å². The fraction of sp³-hybridized carbons (Fsp3) is 0.316. The number of benzene rings is 2. The molecule has 27 heavy (non-hydrogen) atoms. The number of halogens is 1. The highest BCUT2D eigenvalue weighted by molar-refractivity contribution is 9.10. The molecule has 2 aromatic rings. The highest BCUT2D eigenvalue weighted by atomic mass is 79.9. The van der Waals surface area contributed by atoms with Gasteiger partial charge in [0.2, 0.25) is 10.0 Å². The summed E-state index contributed by atoms with van der Waals surface area (Å²) in [5, 5.41) is 2.81. The molecule has 1 heterocycles. The zero-order chi connectivity index (χ0) is 19.4. The van der Waals surface area contributed by atoms with Crippen molar-refractivity contribution in [1.29, 1.82) is 0 Å². The van der Waals surface area contributed by atoms with E-state index in [0.29, 0.717) is 17.9 Å². The summed E-state index contributed by atoms with van der Waals surface area (Å²) < 4.78 is 33.5. The highest BCUT2D eigenvalue weighted by Crippen LogP contribution is 2.24. The average molecular weight is 453 g/mol. The quantitative estimate of drug-likeness (QED) is 0.702. The van der Waals surface area contributed by atoms with Crippen LogP contribution in [0.25, 0.3) is 0 Å². The van der Waals surface area contributed by atoms with Gasteiger partial charge < -0.3 is 10.1 Å². The molecule has 0 radical (unpaired) electrons. The van der Waals surface area contributed by atoms with Crippen molar-refractivity contribution in [2.45, 2.75) is 30.8 Å². The molecule has 1 atom stereocenters. The summed E-state index contributed by atoms with van der Waals surface area (Å²) in [6.45, 7) is 2.89. The van der Waals surface area contributed by atoms with Gasteiger partial charge in [-0.05, 0) is 77.7 Å². The number of sulfonamides is 1. The molecule has 1 saturated heterocycles. The van der Waals surface area contributed by atoms with Crippen LogP contribution in [0.2, 0.25) is 0 Å². The molecule has 2 N–H and O–H groups in total. The first-order chi connectivity index (χ1) is 12.8. The van der Waals surface area contributed by atoms with Crippen LogP contribution >= 0.6 is 15.9 Å². The fourth-order valence-electron chi connectivity index (χ4n) is 2.79. The van der Waals surface area contributed by atoms with Crippen molar-refractivity contribution < 1.29 is 17.9 Å². The molecule has 144 valence electrons. The van der Waals surface area contributed by atoms with Crippen molar-refractivity contribution in [1.82, 2.24) is 4.72 Å². The molecule has 1 amide bonds. The van der Waals surface area contributed by atoms with Crippen LogP contribution in [0.15, 0.2) is 51.8 Å². The van der Waals surface area contributed by atoms with Crippen molar-refractivity contribution in [3.63, 3.8) is 0 Å². The van der Waals surface area contributed by atoms with Crippen LogP contribution < -0.4 is 10.0 Å². The Kier molecular flexibility index (Phi) is 6.31. The number of carbonyl (C=O) groups is 1. The summed E-state index contributed by atoms with van der Waals surface area (Å²) in [5.41, 5.74) is 2.10. The Morgan fingerprint density at radius 1 is 1.22 bits per heavy atom. The first-order valence-corrected chi connectivity index (χ1v) is 10.9. The van der Waals surface area contributed by atoms with Crippen molar-refractivity contribution in [2.75, 3.05) is 18.5 Å².